The molecule has 0 N–H and O–H groups in total. The van der Waals surface area contributed by atoms with Crippen molar-refractivity contribution in [2.45, 2.75) is 38.9 Å². The van der Waals surface area contributed by atoms with E-state index in [1.165, 1.54) is 35.6 Å². The highest BCUT2D eigenvalue weighted by molar-refractivity contribution is 6.88. The summed E-state index contributed by atoms with van der Waals surface area (Å²) in [6.07, 6.45) is 3.75. The van der Waals surface area contributed by atoms with Crippen molar-refractivity contribution < 1.29 is 0 Å². The predicted octanol–water partition coefficient (Wildman–Crippen LogP) is 4.12. The molecule has 0 unspecified atom stereocenters. The predicted molar refractivity (Wildman–Crippen MR) is 93.9 cm³/mol. The van der Waals surface area contributed by atoms with E-state index in [4.69, 9.17) is 0 Å². The average Bonchev–Trinajstić information content (AvgIpc) is 2.92. The van der Waals surface area contributed by atoms with Crippen molar-refractivity contribution in [2.24, 2.45) is 0 Å². The molecule has 0 amide bonds. The highest BCUT2D eigenvalue weighted by Gasteiger charge is 2.15. The molecule has 0 aliphatic heterocycles. The minimum atomic E-state index is -1.20. The molecule has 2 aromatic carbocycles. The van der Waals surface area contributed by atoms with Crippen molar-refractivity contribution in [3.8, 4) is 11.8 Å². The van der Waals surface area contributed by atoms with Crippen LogP contribution in [0.25, 0.3) is 0 Å². The summed E-state index contributed by atoms with van der Waals surface area (Å²) >= 11 is 0. The third kappa shape index (κ3) is 3.28. The quantitative estimate of drug-likeness (QED) is 0.547. The van der Waals surface area contributed by atoms with E-state index in [2.05, 4.69) is 73.9 Å². The van der Waals surface area contributed by atoms with Crippen molar-refractivity contribution in [1.29, 1.82) is 0 Å². The van der Waals surface area contributed by atoms with Crippen LogP contribution in [-0.2, 0) is 12.8 Å². The van der Waals surface area contributed by atoms with Gasteiger partial charge in [-0.1, -0.05) is 54.9 Å². The fourth-order valence-corrected chi connectivity index (χ4v) is 4.01. The van der Waals surface area contributed by atoms with Crippen LogP contribution in [0, 0.1) is 11.8 Å². The molecule has 2 aromatic rings. The molecule has 0 nitrogen and oxygen atoms in total. The van der Waals surface area contributed by atoms with Crippen LogP contribution in [0.1, 0.15) is 28.7 Å². The summed E-state index contributed by atoms with van der Waals surface area (Å²) in [4.78, 5) is 0. The Balaban J connectivity index is 1.81. The van der Waals surface area contributed by atoms with E-state index in [1.807, 2.05) is 0 Å². The third-order valence-corrected chi connectivity index (χ3v) is 6.27. The van der Waals surface area contributed by atoms with Gasteiger partial charge in [-0.3, -0.25) is 0 Å². The van der Waals surface area contributed by atoms with Crippen molar-refractivity contribution in [3.63, 3.8) is 0 Å². The highest BCUT2D eigenvalue weighted by Crippen LogP contribution is 2.22. The SMILES string of the molecule is C[Si](C)(C)c1ccc(C#Cc2ccc3c(c2)CCC3)cc1. The second-order valence-corrected chi connectivity index (χ2v) is 12.0. The van der Waals surface area contributed by atoms with E-state index in [0.29, 0.717) is 0 Å². The Labute approximate surface area is 129 Å². The van der Waals surface area contributed by atoms with E-state index in [1.54, 1.807) is 0 Å². The van der Waals surface area contributed by atoms with Crippen molar-refractivity contribution in [1.82, 2.24) is 0 Å². The molecule has 0 saturated carbocycles. The first-order chi connectivity index (χ1) is 10.0. The Hall–Kier alpha value is -1.78. The Morgan fingerprint density at radius 1 is 0.762 bits per heavy atom. The molecule has 0 radical (unpaired) electrons. The average molecular weight is 290 g/mol. The molecular weight excluding hydrogens is 268 g/mol. The van der Waals surface area contributed by atoms with Crippen molar-refractivity contribution in [3.05, 3.63) is 64.7 Å². The summed E-state index contributed by atoms with van der Waals surface area (Å²) in [5, 5.41) is 1.49. The first-order valence-electron chi connectivity index (χ1n) is 7.77. The van der Waals surface area contributed by atoms with Gasteiger partial charge in [0.15, 0.2) is 0 Å². The summed E-state index contributed by atoms with van der Waals surface area (Å²) < 4.78 is 0. The lowest BCUT2D eigenvalue weighted by atomic mass is 10.1. The molecule has 1 aliphatic carbocycles. The first-order valence-corrected chi connectivity index (χ1v) is 11.3. The van der Waals surface area contributed by atoms with Gasteiger partial charge in [0.2, 0.25) is 0 Å². The van der Waals surface area contributed by atoms with Gasteiger partial charge in [0.1, 0.15) is 0 Å². The van der Waals surface area contributed by atoms with E-state index in [9.17, 15) is 0 Å². The monoisotopic (exact) mass is 290 g/mol. The zero-order chi connectivity index (χ0) is 14.9. The maximum Gasteiger partial charge on any atom is 0.0775 e. The summed E-state index contributed by atoms with van der Waals surface area (Å²) in [5.41, 5.74) is 5.26. The van der Waals surface area contributed by atoms with Gasteiger partial charge in [-0.05, 0) is 54.7 Å². The van der Waals surface area contributed by atoms with Gasteiger partial charge in [-0.25, -0.2) is 0 Å². The Morgan fingerprint density at radius 2 is 1.38 bits per heavy atom. The number of rotatable bonds is 1. The van der Waals surface area contributed by atoms with E-state index >= 15 is 0 Å². The number of aryl methyl sites for hydroxylation is 2. The van der Waals surface area contributed by atoms with Crippen LogP contribution < -0.4 is 5.19 Å². The first kappa shape index (κ1) is 14.2. The number of benzene rings is 2. The van der Waals surface area contributed by atoms with Crippen molar-refractivity contribution in [2.75, 3.05) is 0 Å². The summed E-state index contributed by atoms with van der Waals surface area (Å²) in [7, 11) is -1.20. The second kappa shape index (κ2) is 5.54. The Kier molecular flexibility index (Phi) is 3.74. The molecule has 0 saturated heterocycles. The van der Waals surface area contributed by atoms with Crippen LogP contribution in [0.4, 0.5) is 0 Å². The zero-order valence-electron chi connectivity index (χ0n) is 13.2. The van der Waals surface area contributed by atoms with Gasteiger partial charge in [0, 0.05) is 11.1 Å². The zero-order valence-corrected chi connectivity index (χ0v) is 14.2. The van der Waals surface area contributed by atoms with Gasteiger partial charge in [-0.2, -0.15) is 0 Å². The number of hydrogen-bond donors (Lipinski definition) is 0. The van der Waals surface area contributed by atoms with Crippen LogP contribution in [-0.4, -0.2) is 8.07 Å². The lowest BCUT2D eigenvalue weighted by molar-refractivity contribution is 0.912. The molecule has 0 heterocycles. The van der Waals surface area contributed by atoms with E-state index < -0.39 is 8.07 Å². The molecule has 0 aromatic heterocycles. The van der Waals surface area contributed by atoms with Gasteiger partial charge < -0.3 is 0 Å². The molecule has 1 aliphatic rings. The summed E-state index contributed by atoms with van der Waals surface area (Å²) in [5.74, 6) is 6.61. The number of hydrogen-bond acceptors (Lipinski definition) is 0. The molecule has 106 valence electrons. The largest absolute Gasteiger partial charge is 0.0775 e. The van der Waals surface area contributed by atoms with Crippen LogP contribution >= 0.6 is 0 Å². The van der Waals surface area contributed by atoms with Crippen LogP contribution in [0.3, 0.4) is 0 Å². The lowest BCUT2D eigenvalue weighted by Gasteiger charge is -2.15. The summed E-state index contributed by atoms with van der Waals surface area (Å²) in [6, 6.07) is 15.5. The third-order valence-electron chi connectivity index (χ3n) is 4.20. The van der Waals surface area contributed by atoms with Gasteiger partial charge in [0.05, 0.1) is 8.07 Å². The van der Waals surface area contributed by atoms with E-state index in [0.717, 1.165) is 11.1 Å². The molecule has 21 heavy (non-hydrogen) atoms. The van der Waals surface area contributed by atoms with Crippen LogP contribution in [0.5, 0.6) is 0 Å². The normalized spacial score (nSPS) is 13.5. The Bertz CT molecular complexity index is 706. The molecule has 0 fully saturated rings. The molecule has 3 rings (SSSR count). The molecule has 0 bridgehead atoms. The minimum Gasteiger partial charge on any atom is -0.0656 e. The second-order valence-electron chi connectivity index (χ2n) is 6.91. The number of fused-ring (bicyclic) bond motifs is 1. The standard InChI is InChI=1S/C20H22Si/c1-21(2,3)20-13-10-16(11-14-20)7-8-17-9-12-18-5-4-6-19(18)15-17/h9-15H,4-6H2,1-3H3. The highest BCUT2D eigenvalue weighted by atomic mass is 28.3. The molecular formula is C20H22Si. The topological polar surface area (TPSA) is 0 Å². The van der Waals surface area contributed by atoms with E-state index in [-0.39, 0.29) is 0 Å². The van der Waals surface area contributed by atoms with Gasteiger partial charge in [0.25, 0.3) is 0 Å². The smallest absolute Gasteiger partial charge is 0.0656 e. The van der Waals surface area contributed by atoms with Gasteiger partial charge >= 0.3 is 0 Å². The molecule has 0 spiro atoms. The minimum absolute atomic E-state index is 1.11. The summed E-state index contributed by atoms with van der Waals surface area (Å²) in [6.45, 7) is 7.12. The Morgan fingerprint density at radius 3 is 2.10 bits per heavy atom. The van der Waals surface area contributed by atoms with Gasteiger partial charge in [-0.15, -0.1) is 0 Å². The van der Waals surface area contributed by atoms with Crippen LogP contribution in [0.15, 0.2) is 42.5 Å². The maximum absolute atomic E-state index is 3.31. The fourth-order valence-electron chi connectivity index (χ4n) is 2.85. The molecule has 1 heteroatoms. The fraction of sp³-hybridized carbons (Fsp3) is 0.300. The van der Waals surface area contributed by atoms with Crippen LogP contribution in [0.2, 0.25) is 19.6 Å². The lowest BCUT2D eigenvalue weighted by Crippen LogP contribution is -2.37. The maximum atomic E-state index is 3.31. The molecule has 0 atom stereocenters. The van der Waals surface area contributed by atoms with Crippen molar-refractivity contribution >= 4 is 13.3 Å².